The van der Waals surface area contributed by atoms with E-state index in [0.29, 0.717) is 5.92 Å². The summed E-state index contributed by atoms with van der Waals surface area (Å²) in [6.07, 6.45) is 1.01. The molecule has 0 aromatic heterocycles. The normalized spacial score (nSPS) is 21.1. The Kier molecular flexibility index (Phi) is 4.07. The van der Waals surface area contributed by atoms with Gasteiger partial charge in [-0.05, 0) is 59.8 Å². The number of likely N-dealkylation sites (tertiary alicyclic amines) is 1. The molecule has 1 aromatic carbocycles. The molecule has 1 aliphatic rings. The van der Waals surface area contributed by atoms with Crippen LogP contribution in [0.15, 0.2) is 22.7 Å². The van der Waals surface area contributed by atoms with Crippen molar-refractivity contribution in [3.05, 3.63) is 33.8 Å². The van der Waals surface area contributed by atoms with Crippen molar-refractivity contribution in [2.75, 3.05) is 13.1 Å². The number of rotatable bonds is 2. The smallest absolute Gasteiger partial charge is 0.255 e. The van der Waals surface area contributed by atoms with Gasteiger partial charge in [0.1, 0.15) is 0 Å². The van der Waals surface area contributed by atoms with Crippen molar-refractivity contribution in [1.82, 2.24) is 4.90 Å². The zero-order chi connectivity index (χ0) is 13.3. The second-order valence-corrected chi connectivity index (χ2v) is 6.00. The highest BCUT2D eigenvalue weighted by Gasteiger charge is 2.29. The molecule has 0 bridgehead atoms. The molecule has 18 heavy (non-hydrogen) atoms. The van der Waals surface area contributed by atoms with Crippen LogP contribution < -0.4 is 5.73 Å². The minimum absolute atomic E-state index is 0.102. The molecule has 1 aliphatic heterocycles. The summed E-state index contributed by atoms with van der Waals surface area (Å²) in [5.74, 6) is 0.531. The van der Waals surface area contributed by atoms with Gasteiger partial charge in [-0.2, -0.15) is 0 Å². The lowest BCUT2D eigenvalue weighted by Gasteiger charge is -2.19. The maximum atomic E-state index is 12.4. The zero-order valence-electron chi connectivity index (χ0n) is 10.8. The number of carbonyl (C=O) groups excluding carboxylic acids is 1. The quantitative estimate of drug-likeness (QED) is 0.912. The first-order valence-corrected chi connectivity index (χ1v) is 7.09. The van der Waals surface area contributed by atoms with Crippen molar-refractivity contribution >= 4 is 21.8 Å². The maximum absolute atomic E-state index is 12.4. The predicted octanol–water partition coefficient (Wildman–Crippen LogP) is 2.57. The van der Waals surface area contributed by atoms with Crippen LogP contribution in [0.4, 0.5) is 0 Å². The van der Waals surface area contributed by atoms with E-state index < -0.39 is 0 Å². The van der Waals surface area contributed by atoms with Crippen LogP contribution in [0.5, 0.6) is 0 Å². The van der Waals surface area contributed by atoms with Crippen LogP contribution in [0.3, 0.4) is 0 Å². The SMILES string of the molecule is Cc1ccc(C(=O)N2CCC(C(C)N)C2)c(Br)c1. The molecular weight excluding hydrogens is 292 g/mol. The van der Waals surface area contributed by atoms with E-state index >= 15 is 0 Å². The van der Waals surface area contributed by atoms with Crippen LogP contribution in [-0.4, -0.2) is 29.9 Å². The number of amides is 1. The van der Waals surface area contributed by atoms with Gasteiger partial charge in [0.25, 0.3) is 5.91 Å². The highest BCUT2D eigenvalue weighted by molar-refractivity contribution is 9.10. The fourth-order valence-electron chi connectivity index (χ4n) is 2.36. The largest absolute Gasteiger partial charge is 0.338 e. The zero-order valence-corrected chi connectivity index (χ0v) is 12.4. The number of hydrogen-bond donors (Lipinski definition) is 1. The predicted molar refractivity (Wildman–Crippen MR) is 76.5 cm³/mol. The van der Waals surface area contributed by atoms with Crippen LogP contribution in [0.2, 0.25) is 0 Å². The summed E-state index contributed by atoms with van der Waals surface area (Å²) in [6.45, 7) is 5.61. The number of benzene rings is 1. The van der Waals surface area contributed by atoms with Crippen LogP contribution in [0.1, 0.15) is 29.3 Å². The number of aryl methyl sites for hydroxylation is 1. The Morgan fingerprint density at radius 3 is 2.83 bits per heavy atom. The maximum Gasteiger partial charge on any atom is 0.255 e. The van der Waals surface area contributed by atoms with Gasteiger partial charge in [0, 0.05) is 23.6 Å². The Balaban J connectivity index is 2.13. The third-order valence-corrected chi connectivity index (χ3v) is 4.27. The molecule has 1 fully saturated rings. The minimum atomic E-state index is 0.102. The Morgan fingerprint density at radius 2 is 2.28 bits per heavy atom. The molecule has 0 aliphatic carbocycles. The van der Waals surface area contributed by atoms with Gasteiger partial charge in [0.05, 0.1) is 5.56 Å². The standard InChI is InChI=1S/C14H19BrN2O/c1-9-3-4-12(13(15)7-9)14(18)17-6-5-11(8-17)10(2)16/h3-4,7,10-11H,5-6,8,16H2,1-2H3. The lowest BCUT2D eigenvalue weighted by molar-refractivity contribution is 0.0785. The molecule has 2 rings (SSSR count). The molecule has 2 atom stereocenters. The van der Waals surface area contributed by atoms with Gasteiger partial charge >= 0.3 is 0 Å². The molecule has 2 unspecified atom stereocenters. The molecule has 3 nitrogen and oxygen atoms in total. The summed E-state index contributed by atoms with van der Waals surface area (Å²) in [4.78, 5) is 14.3. The fourth-order valence-corrected chi connectivity index (χ4v) is 3.03. The average molecular weight is 311 g/mol. The Labute approximate surface area is 116 Å². The lowest BCUT2D eigenvalue weighted by atomic mass is 10.0. The summed E-state index contributed by atoms with van der Waals surface area (Å²) in [5.41, 5.74) is 7.79. The third kappa shape index (κ3) is 2.75. The number of hydrogen-bond acceptors (Lipinski definition) is 2. The van der Waals surface area contributed by atoms with E-state index in [1.807, 2.05) is 36.9 Å². The molecular formula is C14H19BrN2O. The summed E-state index contributed by atoms with van der Waals surface area (Å²) in [6, 6.07) is 5.99. The van der Waals surface area contributed by atoms with Gasteiger partial charge in [0.2, 0.25) is 0 Å². The summed E-state index contributed by atoms with van der Waals surface area (Å²) in [7, 11) is 0. The van der Waals surface area contributed by atoms with Gasteiger partial charge < -0.3 is 10.6 Å². The molecule has 2 N–H and O–H groups in total. The summed E-state index contributed by atoms with van der Waals surface area (Å²) >= 11 is 3.47. The first-order chi connectivity index (χ1) is 8.49. The van der Waals surface area contributed by atoms with Crippen molar-refractivity contribution in [3.63, 3.8) is 0 Å². The van der Waals surface area contributed by atoms with Gasteiger partial charge in [-0.25, -0.2) is 0 Å². The molecule has 0 spiro atoms. The van der Waals surface area contributed by atoms with E-state index in [2.05, 4.69) is 15.9 Å². The monoisotopic (exact) mass is 310 g/mol. The molecule has 4 heteroatoms. The van der Waals surface area contributed by atoms with Crippen LogP contribution in [-0.2, 0) is 0 Å². The molecule has 1 aromatic rings. The Bertz CT molecular complexity index is 459. The van der Waals surface area contributed by atoms with E-state index in [9.17, 15) is 4.79 Å². The number of halogens is 1. The van der Waals surface area contributed by atoms with Crippen LogP contribution in [0, 0.1) is 12.8 Å². The van der Waals surface area contributed by atoms with E-state index in [1.165, 1.54) is 0 Å². The summed E-state index contributed by atoms with van der Waals surface area (Å²) in [5, 5.41) is 0. The molecule has 1 heterocycles. The molecule has 98 valence electrons. The lowest BCUT2D eigenvalue weighted by Crippen LogP contribution is -2.33. The van der Waals surface area contributed by atoms with Crippen LogP contribution in [0.25, 0.3) is 0 Å². The third-order valence-electron chi connectivity index (χ3n) is 3.61. The van der Waals surface area contributed by atoms with Gasteiger partial charge in [-0.15, -0.1) is 0 Å². The molecule has 0 radical (unpaired) electrons. The van der Waals surface area contributed by atoms with Crippen LogP contribution >= 0.6 is 15.9 Å². The first-order valence-electron chi connectivity index (χ1n) is 6.30. The average Bonchev–Trinajstić information content (AvgIpc) is 2.77. The van der Waals surface area contributed by atoms with Crippen molar-refractivity contribution < 1.29 is 4.79 Å². The van der Waals surface area contributed by atoms with Gasteiger partial charge in [-0.3, -0.25) is 4.79 Å². The van der Waals surface area contributed by atoms with E-state index in [0.717, 1.165) is 35.1 Å². The Hall–Kier alpha value is -0.870. The first kappa shape index (κ1) is 13.6. The highest BCUT2D eigenvalue weighted by atomic mass is 79.9. The van der Waals surface area contributed by atoms with Gasteiger partial charge in [-0.1, -0.05) is 6.07 Å². The highest BCUT2D eigenvalue weighted by Crippen LogP contribution is 2.24. The van der Waals surface area contributed by atoms with Crippen molar-refractivity contribution in [3.8, 4) is 0 Å². The Morgan fingerprint density at radius 1 is 1.56 bits per heavy atom. The second-order valence-electron chi connectivity index (χ2n) is 5.14. The van der Waals surface area contributed by atoms with Crippen molar-refractivity contribution in [1.29, 1.82) is 0 Å². The second kappa shape index (κ2) is 5.41. The van der Waals surface area contributed by atoms with Gasteiger partial charge in [0.15, 0.2) is 0 Å². The van der Waals surface area contributed by atoms with Crippen molar-refractivity contribution in [2.24, 2.45) is 11.7 Å². The van der Waals surface area contributed by atoms with E-state index in [1.54, 1.807) is 0 Å². The number of carbonyl (C=O) groups is 1. The fraction of sp³-hybridized carbons (Fsp3) is 0.500. The minimum Gasteiger partial charge on any atom is -0.338 e. The topological polar surface area (TPSA) is 46.3 Å². The summed E-state index contributed by atoms with van der Waals surface area (Å²) < 4.78 is 0.872. The molecule has 1 saturated heterocycles. The molecule has 1 amide bonds. The van der Waals surface area contributed by atoms with Crippen molar-refractivity contribution in [2.45, 2.75) is 26.3 Å². The number of nitrogens with two attached hydrogens (primary N) is 1. The number of nitrogens with zero attached hydrogens (tertiary/aromatic N) is 1. The van der Waals surface area contributed by atoms with E-state index in [4.69, 9.17) is 5.73 Å². The molecule has 0 saturated carbocycles. The van der Waals surface area contributed by atoms with E-state index in [-0.39, 0.29) is 11.9 Å².